The summed E-state index contributed by atoms with van der Waals surface area (Å²) in [5, 5.41) is 14.3. The van der Waals surface area contributed by atoms with Crippen molar-refractivity contribution in [3.8, 4) is 0 Å². The van der Waals surface area contributed by atoms with Crippen LogP contribution in [0.2, 0.25) is 5.02 Å². The van der Waals surface area contributed by atoms with Gasteiger partial charge in [-0.15, -0.1) is 0 Å². The molecule has 144 valence electrons. The number of nitro benzene ring substituents is 1. The lowest BCUT2D eigenvalue weighted by Gasteiger charge is -2.13. The molecule has 10 heteroatoms. The predicted octanol–water partition coefficient (Wildman–Crippen LogP) is 1.14. The number of fused-ring (bicyclic) bond motifs is 1. The van der Waals surface area contributed by atoms with E-state index < -0.39 is 10.8 Å². The zero-order chi connectivity index (χ0) is 20.3. The summed E-state index contributed by atoms with van der Waals surface area (Å²) in [6.45, 7) is 0.326. The number of hydrogen-bond donors (Lipinski definition) is 3. The molecule has 0 saturated carbocycles. The van der Waals surface area contributed by atoms with Crippen LogP contribution in [0.3, 0.4) is 0 Å². The highest BCUT2D eigenvalue weighted by Gasteiger charge is 2.19. The van der Waals surface area contributed by atoms with Gasteiger partial charge in [0.2, 0.25) is 0 Å². The molecule has 1 unspecified atom stereocenters. The van der Waals surface area contributed by atoms with Gasteiger partial charge in [-0.1, -0.05) is 23.7 Å². The van der Waals surface area contributed by atoms with E-state index in [2.05, 4.69) is 15.3 Å². The first-order valence-electron chi connectivity index (χ1n) is 8.36. The average Bonchev–Trinajstić information content (AvgIpc) is 2.63. The first-order valence-corrected chi connectivity index (χ1v) is 8.74. The van der Waals surface area contributed by atoms with Gasteiger partial charge in [0.05, 0.1) is 22.9 Å². The Morgan fingerprint density at radius 1 is 1.32 bits per heavy atom. The third-order valence-corrected chi connectivity index (χ3v) is 4.26. The third kappa shape index (κ3) is 4.51. The SMILES string of the molecule is C[NH+](CC(=O)Nc1ccc(Cl)cc1[N+](=O)[O-])Cc1nc2ccccc2c(=O)[nH]1. The highest BCUT2D eigenvalue weighted by atomic mass is 35.5. The van der Waals surface area contributed by atoms with Crippen molar-refractivity contribution in [3.05, 3.63) is 73.8 Å². The molecular weight excluding hydrogens is 386 g/mol. The Hall–Kier alpha value is -3.30. The summed E-state index contributed by atoms with van der Waals surface area (Å²) in [4.78, 5) is 42.7. The van der Waals surface area contributed by atoms with Crippen molar-refractivity contribution in [1.82, 2.24) is 9.97 Å². The summed E-state index contributed by atoms with van der Waals surface area (Å²) < 4.78 is 0. The van der Waals surface area contributed by atoms with Crippen LogP contribution in [0.15, 0.2) is 47.3 Å². The molecule has 0 bridgehead atoms. The average molecular weight is 403 g/mol. The number of carbonyl (C=O) groups is 1. The lowest BCUT2D eigenvalue weighted by molar-refractivity contribution is -0.885. The lowest BCUT2D eigenvalue weighted by atomic mass is 10.2. The van der Waals surface area contributed by atoms with Crippen LogP contribution in [0.25, 0.3) is 10.9 Å². The maximum atomic E-state index is 12.3. The van der Waals surface area contributed by atoms with Gasteiger partial charge < -0.3 is 15.2 Å². The van der Waals surface area contributed by atoms with Gasteiger partial charge >= 0.3 is 0 Å². The highest BCUT2D eigenvalue weighted by Crippen LogP contribution is 2.27. The second kappa shape index (κ2) is 8.15. The topological polar surface area (TPSA) is 122 Å². The molecule has 0 spiro atoms. The number of H-pyrrole nitrogens is 1. The first kappa shape index (κ1) is 19.5. The summed E-state index contributed by atoms with van der Waals surface area (Å²) in [6, 6.07) is 11.0. The number of nitro groups is 1. The van der Waals surface area contributed by atoms with Crippen LogP contribution in [0, 0.1) is 10.1 Å². The minimum absolute atomic E-state index is 0.0241. The van der Waals surface area contributed by atoms with Gasteiger partial charge in [-0.2, -0.15) is 0 Å². The molecule has 2 aromatic carbocycles. The van der Waals surface area contributed by atoms with Crippen molar-refractivity contribution >= 4 is 39.8 Å². The summed E-state index contributed by atoms with van der Waals surface area (Å²) in [5.74, 6) is 0.0394. The molecule has 9 nitrogen and oxygen atoms in total. The quantitative estimate of drug-likeness (QED) is 0.421. The van der Waals surface area contributed by atoms with Crippen LogP contribution in [0.1, 0.15) is 5.82 Å². The predicted molar refractivity (Wildman–Crippen MR) is 105 cm³/mol. The number of amides is 1. The molecule has 0 radical (unpaired) electrons. The van der Waals surface area contributed by atoms with Crippen LogP contribution in [-0.4, -0.2) is 34.4 Å². The smallest absolute Gasteiger partial charge is 0.294 e. The first-order chi connectivity index (χ1) is 13.3. The number of nitrogens with zero attached hydrogens (tertiary/aromatic N) is 2. The van der Waals surface area contributed by atoms with E-state index in [4.69, 9.17) is 11.6 Å². The number of nitrogens with one attached hydrogen (secondary N) is 3. The van der Waals surface area contributed by atoms with E-state index in [0.29, 0.717) is 23.3 Å². The number of likely N-dealkylation sites (N-methyl/N-ethyl adjacent to an activating group) is 1. The molecule has 0 fully saturated rings. The van der Waals surface area contributed by atoms with Crippen molar-refractivity contribution < 1.29 is 14.6 Å². The molecule has 0 aliphatic heterocycles. The molecular formula is C18H17ClN5O4+. The van der Waals surface area contributed by atoms with Gasteiger partial charge in [-0.25, -0.2) is 4.98 Å². The van der Waals surface area contributed by atoms with Crippen molar-refractivity contribution in [1.29, 1.82) is 0 Å². The number of benzene rings is 2. The Morgan fingerprint density at radius 3 is 2.82 bits per heavy atom. The molecule has 1 heterocycles. The molecule has 0 aliphatic rings. The normalized spacial score (nSPS) is 11.9. The number of carbonyl (C=O) groups excluding carboxylic acids is 1. The molecule has 1 amide bonds. The number of anilines is 1. The fraction of sp³-hybridized carbons (Fsp3) is 0.167. The third-order valence-electron chi connectivity index (χ3n) is 4.02. The number of aromatic amines is 1. The number of hydrogen-bond acceptors (Lipinski definition) is 5. The molecule has 1 aromatic heterocycles. The second-order valence-electron chi connectivity index (χ2n) is 6.31. The molecule has 3 N–H and O–H groups in total. The molecule has 1 atom stereocenters. The van der Waals surface area contributed by atoms with Gasteiger partial charge in [0.1, 0.15) is 12.2 Å². The fourth-order valence-electron chi connectivity index (χ4n) is 2.80. The summed E-state index contributed by atoms with van der Waals surface area (Å²) in [5.41, 5.74) is 0.133. The Balaban J connectivity index is 1.68. The summed E-state index contributed by atoms with van der Waals surface area (Å²) in [7, 11) is 1.76. The van der Waals surface area contributed by atoms with Gasteiger partial charge in [-0.3, -0.25) is 19.7 Å². The standard InChI is InChI=1S/C18H16ClN5O4/c1-23(9-16-20-13-5-3-2-4-12(13)18(26)22-16)10-17(25)21-14-7-6-11(19)8-15(14)24(27)28/h2-8H,9-10H2,1H3,(H,21,25)(H,20,22,26)/p+1. The number of aromatic nitrogens is 2. The minimum atomic E-state index is -0.609. The van der Waals surface area contributed by atoms with Crippen LogP contribution in [0.4, 0.5) is 11.4 Å². The van der Waals surface area contributed by atoms with E-state index in [9.17, 15) is 19.7 Å². The minimum Gasteiger partial charge on any atom is -0.323 e. The van der Waals surface area contributed by atoms with Gasteiger partial charge in [-0.05, 0) is 24.3 Å². The number of para-hydroxylation sites is 1. The number of halogens is 1. The van der Waals surface area contributed by atoms with Crippen molar-refractivity contribution in [2.75, 3.05) is 18.9 Å². The van der Waals surface area contributed by atoms with E-state index in [1.54, 1.807) is 31.3 Å². The summed E-state index contributed by atoms with van der Waals surface area (Å²) >= 11 is 5.77. The maximum Gasteiger partial charge on any atom is 0.294 e. The van der Waals surface area contributed by atoms with E-state index in [-0.39, 0.29) is 28.5 Å². The zero-order valence-corrected chi connectivity index (χ0v) is 15.6. The molecule has 3 rings (SSSR count). The van der Waals surface area contributed by atoms with Crippen molar-refractivity contribution in [2.24, 2.45) is 0 Å². The van der Waals surface area contributed by atoms with Crippen LogP contribution in [0.5, 0.6) is 0 Å². The Kier molecular flexibility index (Phi) is 5.67. The molecule has 28 heavy (non-hydrogen) atoms. The monoisotopic (exact) mass is 402 g/mol. The Labute approximate surface area is 164 Å². The maximum absolute atomic E-state index is 12.3. The second-order valence-corrected chi connectivity index (χ2v) is 6.74. The van der Waals surface area contributed by atoms with Crippen LogP contribution >= 0.6 is 11.6 Å². The molecule has 3 aromatic rings. The van der Waals surface area contributed by atoms with E-state index in [1.807, 2.05) is 0 Å². The van der Waals surface area contributed by atoms with Gasteiger partial charge in [0.15, 0.2) is 12.4 Å². The summed E-state index contributed by atoms with van der Waals surface area (Å²) in [6.07, 6.45) is 0. The van der Waals surface area contributed by atoms with Crippen molar-refractivity contribution in [3.63, 3.8) is 0 Å². The Bertz CT molecular complexity index is 1110. The largest absolute Gasteiger partial charge is 0.323 e. The van der Waals surface area contributed by atoms with E-state index >= 15 is 0 Å². The van der Waals surface area contributed by atoms with E-state index in [1.165, 1.54) is 18.2 Å². The highest BCUT2D eigenvalue weighted by molar-refractivity contribution is 6.31. The number of quaternary nitrogens is 1. The zero-order valence-electron chi connectivity index (χ0n) is 14.9. The van der Waals surface area contributed by atoms with Gasteiger partial charge in [0, 0.05) is 11.1 Å². The Morgan fingerprint density at radius 2 is 2.07 bits per heavy atom. The van der Waals surface area contributed by atoms with Crippen LogP contribution < -0.4 is 15.8 Å². The molecule has 0 aliphatic carbocycles. The van der Waals surface area contributed by atoms with E-state index in [0.717, 1.165) is 4.90 Å². The number of rotatable bonds is 6. The van der Waals surface area contributed by atoms with Crippen molar-refractivity contribution in [2.45, 2.75) is 6.54 Å². The van der Waals surface area contributed by atoms with Gasteiger partial charge in [0.25, 0.3) is 17.2 Å². The van der Waals surface area contributed by atoms with Crippen LogP contribution in [-0.2, 0) is 11.3 Å². The fourth-order valence-corrected chi connectivity index (χ4v) is 2.96. The molecule has 0 saturated heterocycles. The lowest BCUT2D eigenvalue weighted by Crippen LogP contribution is -3.08.